The first kappa shape index (κ1) is 17.1. The minimum atomic E-state index is -0.464. The standard InChI is InChI=1S/C18H13NO4S2/c20-18(23-12-13-5-7-14(8-6-13)19(21)22)16(17-4-2-10-25-17)11-15-3-1-9-24-15/h1-11H,12H2/b16-11+. The summed E-state index contributed by atoms with van der Waals surface area (Å²) in [6.07, 6.45) is 1.81. The number of nitro benzene ring substituents is 1. The van der Waals surface area contributed by atoms with Crippen LogP contribution in [0.3, 0.4) is 0 Å². The fourth-order valence-electron chi connectivity index (χ4n) is 2.12. The van der Waals surface area contributed by atoms with E-state index in [9.17, 15) is 14.9 Å². The van der Waals surface area contributed by atoms with E-state index in [-0.39, 0.29) is 12.3 Å². The molecule has 2 aromatic heterocycles. The number of hydrogen-bond acceptors (Lipinski definition) is 6. The highest BCUT2D eigenvalue weighted by atomic mass is 32.1. The van der Waals surface area contributed by atoms with E-state index in [2.05, 4.69) is 0 Å². The van der Waals surface area contributed by atoms with Crippen LogP contribution in [0.2, 0.25) is 0 Å². The molecule has 0 fully saturated rings. The number of carbonyl (C=O) groups is 1. The lowest BCUT2D eigenvalue weighted by Gasteiger charge is -2.07. The second-order valence-corrected chi connectivity index (χ2v) is 6.98. The molecule has 0 N–H and O–H groups in total. The van der Waals surface area contributed by atoms with Gasteiger partial charge in [-0.2, -0.15) is 0 Å². The summed E-state index contributed by atoms with van der Waals surface area (Å²) in [5.74, 6) is -0.422. The van der Waals surface area contributed by atoms with Crippen LogP contribution in [0.1, 0.15) is 15.3 Å². The van der Waals surface area contributed by atoms with E-state index in [1.54, 1.807) is 23.5 Å². The molecular weight excluding hydrogens is 358 g/mol. The number of rotatable bonds is 6. The first-order valence-electron chi connectivity index (χ1n) is 7.33. The van der Waals surface area contributed by atoms with Gasteiger partial charge in [0.05, 0.1) is 10.5 Å². The third-order valence-corrected chi connectivity index (χ3v) is 5.08. The van der Waals surface area contributed by atoms with E-state index in [1.165, 1.54) is 23.5 Å². The Morgan fingerprint density at radius 3 is 2.40 bits per heavy atom. The van der Waals surface area contributed by atoms with Gasteiger partial charge in [0.25, 0.3) is 5.69 Å². The second-order valence-electron chi connectivity index (χ2n) is 5.05. The third-order valence-electron chi connectivity index (χ3n) is 3.35. The maximum atomic E-state index is 12.5. The molecule has 3 rings (SSSR count). The quantitative estimate of drug-likeness (QED) is 0.265. The Labute approximate surface area is 152 Å². The predicted molar refractivity (Wildman–Crippen MR) is 99.4 cm³/mol. The smallest absolute Gasteiger partial charge is 0.339 e. The molecule has 0 bridgehead atoms. The highest BCUT2D eigenvalue weighted by molar-refractivity contribution is 7.12. The largest absolute Gasteiger partial charge is 0.457 e. The first-order chi connectivity index (χ1) is 12.1. The van der Waals surface area contributed by atoms with Gasteiger partial charge in [-0.05, 0) is 46.7 Å². The summed E-state index contributed by atoms with van der Waals surface area (Å²) < 4.78 is 5.40. The Bertz CT molecular complexity index is 882. The van der Waals surface area contributed by atoms with Gasteiger partial charge in [0.15, 0.2) is 0 Å². The van der Waals surface area contributed by atoms with Gasteiger partial charge in [-0.25, -0.2) is 4.79 Å². The molecule has 0 aliphatic heterocycles. The average Bonchev–Trinajstić information content (AvgIpc) is 3.31. The van der Waals surface area contributed by atoms with Gasteiger partial charge in [0, 0.05) is 21.9 Å². The number of ether oxygens (including phenoxy) is 1. The Balaban J connectivity index is 1.74. The zero-order chi connectivity index (χ0) is 17.6. The maximum absolute atomic E-state index is 12.5. The SMILES string of the molecule is O=C(OCc1ccc([N+](=O)[O-])cc1)/C(=C/c1cccs1)c1cccs1. The van der Waals surface area contributed by atoms with Crippen molar-refractivity contribution in [2.24, 2.45) is 0 Å². The van der Waals surface area contributed by atoms with Gasteiger partial charge in [-0.15, -0.1) is 22.7 Å². The number of non-ortho nitro benzene ring substituents is 1. The number of thiophene rings is 2. The maximum Gasteiger partial charge on any atom is 0.339 e. The molecule has 0 aliphatic rings. The molecule has 0 radical (unpaired) electrons. The summed E-state index contributed by atoms with van der Waals surface area (Å²) in [6.45, 7) is 0.0595. The first-order valence-corrected chi connectivity index (χ1v) is 9.09. The lowest BCUT2D eigenvalue weighted by molar-refractivity contribution is -0.384. The van der Waals surface area contributed by atoms with Crippen LogP contribution in [-0.2, 0) is 16.1 Å². The number of benzene rings is 1. The molecule has 1 aromatic carbocycles. The van der Waals surface area contributed by atoms with Crippen molar-refractivity contribution in [2.45, 2.75) is 6.61 Å². The van der Waals surface area contributed by atoms with Crippen LogP contribution in [0, 0.1) is 10.1 Å². The molecule has 0 saturated heterocycles. The van der Waals surface area contributed by atoms with E-state index >= 15 is 0 Å². The van der Waals surface area contributed by atoms with Crippen molar-refractivity contribution in [1.29, 1.82) is 0 Å². The third kappa shape index (κ3) is 4.40. The summed E-state index contributed by atoms with van der Waals surface area (Å²) in [4.78, 5) is 24.5. The lowest BCUT2D eigenvalue weighted by Crippen LogP contribution is -2.06. The molecule has 2 heterocycles. The number of carbonyl (C=O) groups excluding carboxylic acids is 1. The normalized spacial score (nSPS) is 11.3. The van der Waals surface area contributed by atoms with E-state index < -0.39 is 10.9 Å². The molecule has 0 unspecified atom stereocenters. The molecule has 7 heteroatoms. The minimum absolute atomic E-state index is 0.00643. The van der Waals surface area contributed by atoms with E-state index in [0.717, 1.165) is 9.75 Å². The molecule has 0 saturated carbocycles. The fourth-order valence-corrected chi connectivity index (χ4v) is 3.51. The van der Waals surface area contributed by atoms with E-state index in [0.29, 0.717) is 11.1 Å². The van der Waals surface area contributed by atoms with Crippen LogP contribution in [-0.4, -0.2) is 10.9 Å². The van der Waals surface area contributed by atoms with Crippen molar-refractivity contribution < 1.29 is 14.5 Å². The van der Waals surface area contributed by atoms with Crippen molar-refractivity contribution >= 4 is 46.0 Å². The molecule has 5 nitrogen and oxygen atoms in total. The van der Waals surface area contributed by atoms with Crippen LogP contribution in [0.15, 0.2) is 59.3 Å². The van der Waals surface area contributed by atoms with Gasteiger partial charge in [0.1, 0.15) is 6.61 Å². The van der Waals surface area contributed by atoms with Crippen LogP contribution in [0.4, 0.5) is 5.69 Å². The van der Waals surface area contributed by atoms with Gasteiger partial charge in [-0.1, -0.05) is 12.1 Å². The highest BCUT2D eigenvalue weighted by Gasteiger charge is 2.15. The van der Waals surface area contributed by atoms with Crippen LogP contribution in [0.5, 0.6) is 0 Å². The molecule has 126 valence electrons. The number of nitro groups is 1. The lowest BCUT2D eigenvalue weighted by atomic mass is 10.2. The molecule has 0 atom stereocenters. The van der Waals surface area contributed by atoms with Crippen molar-refractivity contribution in [3.05, 3.63) is 84.7 Å². The van der Waals surface area contributed by atoms with Gasteiger partial charge >= 0.3 is 5.97 Å². The molecule has 3 aromatic rings. The van der Waals surface area contributed by atoms with Crippen LogP contribution < -0.4 is 0 Å². The number of hydrogen-bond donors (Lipinski definition) is 0. The van der Waals surface area contributed by atoms with E-state index in [1.807, 2.05) is 41.1 Å². The van der Waals surface area contributed by atoms with Gasteiger partial charge < -0.3 is 4.74 Å². The van der Waals surface area contributed by atoms with Gasteiger partial charge in [0.2, 0.25) is 0 Å². The number of esters is 1. The summed E-state index contributed by atoms with van der Waals surface area (Å²) in [6, 6.07) is 13.6. The highest BCUT2D eigenvalue weighted by Crippen LogP contribution is 2.26. The molecule has 0 spiro atoms. The monoisotopic (exact) mass is 371 g/mol. The summed E-state index contributed by atoms with van der Waals surface area (Å²) in [5, 5.41) is 14.5. The van der Waals surface area contributed by atoms with Crippen molar-refractivity contribution in [3.63, 3.8) is 0 Å². The van der Waals surface area contributed by atoms with Crippen LogP contribution >= 0.6 is 22.7 Å². The Morgan fingerprint density at radius 2 is 1.80 bits per heavy atom. The molecular formula is C18H13NO4S2. The molecule has 0 aliphatic carbocycles. The predicted octanol–water partition coefficient (Wildman–Crippen LogP) is 5.00. The van der Waals surface area contributed by atoms with Crippen LogP contribution in [0.25, 0.3) is 11.6 Å². The Hall–Kier alpha value is -2.77. The van der Waals surface area contributed by atoms with Crippen molar-refractivity contribution in [2.75, 3.05) is 0 Å². The van der Waals surface area contributed by atoms with Gasteiger partial charge in [-0.3, -0.25) is 10.1 Å². The molecule has 0 amide bonds. The summed E-state index contributed by atoms with van der Waals surface area (Å²) in [7, 11) is 0. The topological polar surface area (TPSA) is 69.4 Å². The number of nitrogens with zero attached hydrogens (tertiary/aromatic N) is 1. The fraction of sp³-hybridized carbons (Fsp3) is 0.0556. The minimum Gasteiger partial charge on any atom is -0.457 e. The summed E-state index contributed by atoms with van der Waals surface area (Å²) in [5.41, 5.74) is 1.20. The molecule has 25 heavy (non-hydrogen) atoms. The van der Waals surface area contributed by atoms with Crippen molar-refractivity contribution in [3.8, 4) is 0 Å². The van der Waals surface area contributed by atoms with Crippen molar-refractivity contribution in [1.82, 2.24) is 0 Å². The summed E-state index contributed by atoms with van der Waals surface area (Å²) >= 11 is 3.01. The Morgan fingerprint density at radius 1 is 1.08 bits per heavy atom. The second kappa shape index (κ2) is 7.87. The van der Waals surface area contributed by atoms with E-state index in [4.69, 9.17) is 4.74 Å². The Kier molecular flexibility index (Phi) is 5.37. The zero-order valence-electron chi connectivity index (χ0n) is 13.0. The zero-order valence-corrected chi connectivity index (χ0v) is 14.6. The average molecular weight is 371 g/mol.